The second-order valence-corrected chi connectivity index (χ2v) is 7.48. The molecule has 0 bridgehead atoms. The van der Waals surface area contributed by atoms with Crippen LogP contribution in [0.3, 0.4) is 0 Å². The van der Waals surface area contributed by atoms with Crippen molar-refractivity contribution in [1.29, 1.82) is 0 Å². The van der Waals surface area contributed by atoms with Crippen LogP contribution in [0.5, 0.6) is 0 Å². The summed E-state index contributed by atoms with van der Waals surface area (Å²) in [7, 11) is 0. The van der Waals surface area contributed by atoms with E-state index in [4.69, 9.17) is 10.7 Å². The van der Waals surface area contributed by atoms with Gasteiger partial charge < -0.3 is 15.2 Å². The molecule has 3 aromatic rings. The lowest BCUT2D eigenvalue weighted by molar-refractivity contribution is -0.133. The van der Waals surface area contributed by atoms with Gasteiger partial charge in [0.25, 0.3) is 5.91 Å². The maximum atomic E-state index is 12.9. The number of aryl methyl sites for hydroxylation is 1. The van der Waals surface area contributed by atoms with Crippen LogP contribution in [0.2, 0.25) is 0 Å². The van der Waals surface area contributed by atoms with Crippen molar-refractivity contribution in [3.8, 4) is 0 Å². The molecule has 1 atom stereocenters. The zero-order valence-electron chi connectivity index (χ0n) is 16.5. The van der Waals surface area contributed by atoms with Gasteiger partial charge in [0.05, 0.1) is 16.8 Å². The van der Waals surface area contributed by atoms with Gasteiger partial charge in [0, 0.05) is 43.2 Å². The van der Waals surface area contributed by atoms with Gasteiger partial charge >= 0.3 is 0 Å². The van der Waals surface area contributed by atoms with Crippen LogP contribution >= 0.6 is 0 Å². The van der Waals surface area contributed by atoms with Crippen LogP contribution in [-0.2, 0) is 17.8 Å². The average Bonchev–Trinajstić information content (AvgIpc) is 3.19. The molecule has 2 aromatic heterocycles. The first-order valence-electron chi connectivity index (χ1n) is 10.0. The normalized spacial score (nSPS) is 16.9. The van der Waals surface area contributed by atoms with Gasteiger partial charge in [0.15, 0.2) is 0 Å². The molecule has 1 unspecified atom stereocenters. The fourth-order valence-corrected chi connectivity index (χ4v) is 4.11. The summed E-state index contributed by atoms with van der Waals surface area (Å²) >= 11 is 0. The van der Waals surface area contributed by atoms with E-state index in [0.717, 1.165) is 36.0 Å². The van der Waals surface area contributed by atoms with Crippen LogP contribution in [0, 0.1) is 0 Å². The van der Waals surface area contributed by atoms with E-state index in [1.165, 1.54) is 0 Å². The Bertz CT molecular complexity index is 1060. The first kappa shape index (κ1) is 19.1. The third-order valence-electron chi connectivity index (χ3n) is 5.60. The minimum atomic E-state index is -0.479. The van der Waals surface area contributed by atoms with Crippen molar-refractivity contribution in [3.05, 3.63) is 59.8 Å². The van der Waals surface area contributed by atoms with Crippen molar-refractivity contribution in [2.75, 3.05) is 13.1 Å². The van der Waals surface area contributed by atoms with Gasteiger partial charge in [-0.2, -0.15) is 0 Å². The third kappa shape index (κ3) is 3.85. The van der Waals surface area contributed by atoms with Crippen LogP contribution in [-0.4, -0.2) is 44.3 Å². The largest absolute Gasteiger partial charge is 0.366 e. The fourth-order valence-electron chi connectivity index (χ4n) is 4.11. The van der Waals surface area contributed by atoms with Gasteiger partial charge in [-0.3, -0.25) is 14.6 Å². The van der Waals surface area contributed by atoms with Crippen molar-refractivity contribution in [1.82, 2.24) is 19.4 Å². The number of carbonyl (C=O) groups excluding carboxylic acids is 2. The Kier molecular flexibility index (Phi) is 5.29. The monoisotopic (exact) mass is 391 g/mol. The van der Waals surface area contributed by atoms with E-state index in [1.54, 1.807) is 6.20 Å². The van der Waals surface area contributed by atoms with E-state index in [-0.39, 0.29) is 18.4 Å². The first-order valence-corrected chi connectivity index (χ1v) is 10.0. The summed E-state index contributed by atoms with van der Waals surface area (Å²) < 4.78 is 1.90. The maximum Gasteiger partial charge on any atom is 0.250 e. The lowest BCUT2D eigenvalue weighted by Gasteiger charge is -2.33. The van der Waals surface area contributed by atoms with E-state index in [0.29, 0.717) is 24.3 Å². The summed E-state index contributed by atoms with van der Waals surface area (Å²) in [6.45, 7) is 3.56. The predicted molar refractivity (Wildman–Crippen MR) is 110 cm³/mol. The standard InChI is InChI=1S/C22H25N5O2/c1-2-19-24-9-11-26(19)14-20(28)27-10-5-7-16(13-27)21-17(22(23)29)12-15-6-3-4-8-18(15)25-21/h3-4,6,8-9,11-12,16H,2,5,7,10,13-14H2,1H3,(H2,23,29). The van der Waals surface area contributed by atoms with Gasteiger partial charge in [0.1, 0.15) is 12.4 Å². The van der Waals surface area contributed by atoms with E-state index in [9.17, 15) is 9.59 Å². The smallest absolute Gasteiger partial charge is 0.250 e. The van der Waals surface area contributed by atoms with Crippen molar-refractivity contribution >= 4 is 22.7 Å². The number of imidazole rings is 1. The van der Waals surface area contributed by atoms with Crippen LogP contribution in [0.15, 0.2) is 42.7 Å². The molecule has 1 fully saturated rings. The summed E-state index contributed by atoms with van der Waals surface area (Å²) in [5.41, 5.74) is 7.64. The molecule has 0 saturated carbocycles. The number of nitrogens with zero attached hydrogens (tertiary/aromatic N) is 4. The molecule has 0 radical (unpaired) electrons. The molecule has 0 spiro atoms. The SMILES string of the molecule is CCc1nccn1CC(=O)N1CCCC(c2nc3ccccc3cc2C(N)=O)C1. The number of rotatable bonds is 5. The number of fused-ring (bicyclic) bond motifs is 1. The highest BCUT2D eigenvalue weighted by Gasteiger charge is 2.29. The Labute approximate surface area is 169 Å². The quantitative estimate of drug-likeness (QED) is 0.723. The van der Waals surface area contributed by atoms with E-state index >= 15 is 0 Å². The van der Waals surface area contributed by atoms with Gasteiger partial charge in [-0.25, -0.2) is 4.98 Å². The second-order valence-electron chi connectivity index (χ2n) is 7.48. The fraction of sp³-hybridized carbons (Fsp3) is 0.364. The summed E-state index contributed by atoms with van der Waals surface area (Å²) in [4.78, 5) is 35.9. The van der Waals surface area contributed by atoms with Crippen molar-refractivity contribution in [2.45, 2.75) is 38.6 Å². The summed E-state index contributed by atoms with van der Waals surface area (Å²) in [5.74, 6) is 0.476. The molecule has 150 valence electrons. The molecule has 2 amide bonds. The summed E-state index contributed by atoms with van der Waals surface area (Å²) in [5, 5.41) is 0.890. The topological polar surface area (TPSA) is 94.1 Å². The first-order chi connectivity index (χ1) is 14.1. The molecule has 1 saturated heterocycles. The Hall–Kier alpha value is -3.22. The predicted octanol–water partition coefficient (Wildman–Crippen LogP) is 2.50. The Balaban J connectivity index is 1.59. The number of aromatic nitrogens is 3. The molecule has 0 aliphatic carbocycles. The van der Waals surface area contributed by atoms with E-state index < -0.39 is 5.91 Å². The highest BCUT2D eigenvalue weighted by molar-refractivity contribution is 5.97. The molecular formula is C22H25N5O2. The number of primary amides is 1. The molecule has 7 heteroatoms. The van der Waals surface area contributed by atoms with Crippen LogP contribution in [0.1, 0.15) is 47.6 Å². The van der Waals surface area contributed by atoms with Gasteiger partial charge in [-0.15, -0.1) is 0 Å². The number of carbonyl (C=O) groups is 2. The number of hydrogen-bond donors (Lipinski definition) is 1. The lowest BCUT2D eigenvalue weighted by Crippen LogP contribution is -2.41. The molecule has 3 heterocycles. The Morgan fingerprint density at radius 3 is 2.90 bits per heavy atom. The minimum Gasteiger partial charge on any atom is -0.366 e. The second kappa shape index (κ2) is 8.03. The average molecular weight is 391 g/mol. The summed E-state index contributed by atoms with van der Waals surface area (Å²) in [6, 6.07) is 9.51. The highest BCUT2D eigenvalue weighted by Crippen LogP contribution is 2.30. The molecule has 4 rings (SSSR count). The van der Waals surface area contributed by atoms with Crippen LogP contribution < -0.4 is 5.73 Å². The van der Waals surface area contributed by atoms with Gasteiger partial charge in [-0.1, -0.05) is 25.1 Å². The number of benzene rings is 1. The number of amides is 2. The molecular weight excluding hydrogens is 366 g/mol. The van der Waals surface area contributed by atoms with E-state index in [1.807, 2.05) is 52.9 Å². The van der Waals surface area contributed by atoms with Crippen molar-refractivity contribution in [2.24, 2.45) is 5.73 Å². The van der Waals surface area contributed by atoms with Crippen molar-refractivity contribution < 1.29 is 9.59 Å². The molecule has 2 N–H and O–H groups in total. The van der Waals surface area contributed by atoms with Crippen molar-refractivity contribution in [3.63, 3.8) is 0 Å². The van der Waals surface area contributed by atoms with E-state index in [2.05, 4.69) is 4.98 Å². The zero-order valence-corrected chi connectivity index (χ0v) is 16.5. The molecule has 1 aliphatic heterocycles. The Morgan fingerprint density at radius 1 is 1.28 bits per heavy atom. The molecule has 29 heavy (non-hydrogen) atoms. The molecule has 1 aromatic carbocycles. The molecule has 1 aliphatic rings. The Morgan fingerprint density at radius 2 is 2.10 bits per heavy atom. The van der Waals surface area contributed by atoms with Crippen LogP contribution in [0.25, 0.3) is 10.9 Å². The maximum absolute atomic E-state index is 12.9. The zero-order chi connectivity index (χ0) is 20.4. The lowest BCUT2D eigenvalue weighted by atomic mass is 9.90. The minimum absolute atomic E-state index is 0.00626. The highest BCUT2D eigenvalue weighted by atomic mass is 16.2. The number of piperidine rings is 1. The number of nitrogens with two attached hydrogens (primary N) is 1. The van der Waals surface area contributed by atoms with Gasteiger partial charge in [0.2, 0.25) is 5.91 Å². The molecule has 7 nitrogen and oxygen atoms in total. The number of likely N-dealkylation sites (tertiary alicyclic amines) is 1. The van der Waals surface area contributed by atoms with Crippen LogP contribution in [0.4, 0.5) is 0 Å². The third-order valence-corrected chi connectivity index (χ3v) is 5.60. The number of hydrogen-bond acceptors (Lipinski definition) is 4. The number of pyridine rings is 1. The summed E-state index contributed by atoms with van der Waals surface area (Å²) in [6.07, 6.45) is 6.09. The number of para-hydroxylation sites is 1. The van der Waals surface area contributed by atoms with Gasteiger partial charge in [-0.05, 0) is 25.0 Å².